The van der Waals surface area contributed by atoms with Crippen molar-refractivity contribution in [1.82, 2.24) is 4.98 Å². The number of aromatic nitrogens is 1. The topological polar surface area (TPSA) is 77.6 Å². The van der Waals surface area contributed by atoms with Gasteiger partial charge in [-0.1, -0.05) is 0 Å². The summed E-state index contributed by atoms with van der Waals surface area (Å²) in [6, 6.07) is 9.11. The highest BCUT2D eigenvalue weighted by atomic mass is 14.9. The molecule has 1 aromatic carbocycles. The third-order valence-electron chi connectivity index (χ3n) is 2.06. The number of nitrogens with two attached hydrogens (primary N) is 1. The molecular weight excluding hydrogens is 188 g/mol. The van der Waals surface area contributed by atoms with E-state index >= 15 is 0 Å². The van der Waals surface area contributed by atoms with Gasteiger partial charge in [0.05, 0.1) is 28.7 Å². The average Bonchev–Trinajstić information content (AvgIpc) is 2.74. The van der Waals surface area contributed by atoms with E-state index in [-0.39, 0.29) is 0 Å². The van der Waals surface area contributed by atoms with E-state index in [1.54, 1.807) is 18.2 Å². The van der Waals surface area contributed by atoms with Crippen molar-refractivity contribution in [1.29, 1.82) is 5.26 Å². The van der Waals surface area contributed by atoms with E-state index in [2.05, 4.69) is 10.3 Å². The molecule has 0 bridgehead atoms. The van der Waals surface area contributed by atoms with Crippen molar-refractivity contribution in [3.05, 3.63) is 42.2 Å². The minimum Gasteiger partial charge on any atom is -0.397 e. The minimum atomic E-state index is 0.562. The Hall–Kier alpha value is -2.41. The van der Waals surface area contributed by atoms with Gasteiger partial charge in [0.15, 0.2) is 0 Å². The second kappa shape index (κ2) is 3.76. The molecule has 15 heavy (non-hydrogen) atoms. The highest BCUT2D eigenvalue weighted by Gasteiger charge is 2.00. The number of nitrogen functional groups attached to an aromatic ring is 1. The summed E-state index contributed by atoms with van der Waals surface area (Å²) in [6.45, 7) is 0. The fourth-order valence-corrected chi connectivity index (χ4v) is 1.30. The summed E-state index contributed by atoms with van der Waals surface area (Å²) >= 11 is 0. The SMILES string of the molecule is N#Cc1ccc(Nc2cc[nH]c2)c(N)c1. The van der Waals surface area contributed by atoms with Crippen LogP contribution in [0.4, 0.5) is 17.1 Å². The van der Waals surface area contributed by atoms with E-state index < -0.39 is 0 Å². The summed E-state index contributed by atoms with van der Waals surface area (Å²) in [5.41, 5.74) is 8.65. The molecule has 1 heterocycles. The largest absolute Gasteiger partial charge is 0.397 e. The lowest BCUT2D eigenvalue weighted by Gasteiger charge is -2.07. The van der Waals surface area contributed by atoms with Gasteiger partial charge in [-0.2, -0.15) is 5.26 Å². The van der Waals surface area contributed by atoms with Crippen molar-refractivity contribution in [2.75, 3.05) is 11.1 Å². The monoisotopic (exact) mass is 198 g/mol. The van der Waals surface area contributed by atoms with Crippen LogP contribution in [0.25, 0.3) is 0 Å². The van der Waals surface area contributed by atoms with Gasteiger partial charge in [0, 0.05) is 12.4 Å². The Morgan fingerprint density at radius 2 is 2.20 bits per heavy atom. The van der Waals surface area contributed by atoms with Gasteiger partial charge in [0.2, 0.25) is 0 Å². The summed E-state index contributed by atoms with van der Waals surface area (Å²) < 4.78 is 0. The Morgan fingerprint density at radius 3 is 2.80 bits per heavy atom. The van der Waals surface area contributed by atoms with Gasteiger partial charge in [-0.3, -0.25) is 0 Å². The van der Waals surface area contributed by atoms with Crippen LogP contribution in [0.5, 0.6) is 0 Å². The van der Waals surface area contributed by atoms with E-state index in [0.29, 0.717) is 11.3 Å². The molecule has 0 atom stereocenters. The quantitative estimate of drug-likeness (QED) is 0.647. The first kappa shape index (κ1) is 9.16. The molecule has 74 valence electrons. The Labute approximate surface area is 87.3 Å². The fraction of sp³-hybridized carbons (Fsp3) is 0. The van der Waals surface area contributed by atoms with Crippen molar-refractivity contribution < 1.29 is 0 Å². The predicted molar refractivity (Wildman–Crippen MR) is 59.6 cm³/mol. The number of H-pyrrole nitrogens is 1. The van der Waals surface area contributed by atoms with E-state index in [0.717, 1.165) is 11.4 Å². The number of nitriles is 1. The summed E-state index contributed by atoms with van der Waals surface area (Å²) in [5, 5.41) is 11.8. The van der Waals surface area contributed by atoms with Crippen LogP contribution in [0.15, 0.2) is 36.7 Å². The maximum Gasteiger partial charge on any atom is 0.0992 e. The van der Waals surface area contributed by atoms with Crippen LogP contribution < -0.4 is 11.1 Å². The van der Waals surface area contributed by atoms with Crippen molar-refractivity contribution >= 4 is 17.1 Å². The number of nitrogens with zero attached hydrogens (tertiary/aromatic N) is 1. The van der Waals surface area contributed by atoms with Gasteiger partial charge in [-0.25, -0.2) is 0 Å². The molecule has 0 aliphatic rings. The molecule has 2 rings (SSSR count). The number of aromatic amines is 1. The molecule has 0 unspecified atom stereocenters. The van der Waals surface area contributed by atoms with Gasteiger partial charge in [-0.05, 0) is 24.3 Å². The first-order valence-electron chi connectivity index (χ1n) is 4.49. The number of rotatable bonds is 2. The van der Waals surface area contributed by atoms with Crippen molar-refractivity contribution in [3.8, 4) is 6.07 Å². The summed E-state index contributed by atoms with van der Waals surface area (Å²) in [5.74, 6) is 0. The lowest BCUT2D eigenvalue weighted by molar-refractivity contribution is 1.41. The van der Waals surface area contributed by atoms with Crippen LogP contribution in [-0.4, -0.2) is 4.98 Å². The summed E-state index contributed by atoms with van der Waals surface area (Å²) in [7, 11) is 0. The van der Waals surface area contributed by atoms with Crippen LogP contribution >= 0.6 is 0 Å². The number of benzene rings is 1. The summed E-state index contributed by atoms with van der Waals surface area (Å²) in [4.78, 5) is 2.94. The Morgan fingerprint density at radius 1 is 1.33 bits per heavy atom. The number of nitrogens with one attached hydrogen (secondary N) is 2. The first-order valence-corrected chi connectivity index (χ1v) is 4.49. The molecule has 0 aliphatic heterocycles. The van der Waals surface area contributed by atoms with Gasteiger partial charge >= 0.3 is 0 Å². The van der Waals surface area contributed by atoms with Gasteiger partial charge < -0.3 is 16.0 Å². The van der Waals surface area contributed by atoms with Crippen LogP contribution in [0.3, 0.4) is 0 Å². The zero-order valence-corrected chi connectivity index (χ0v) is 7.99. The zero-order valence-electron chi connectivity index (χ0n) is 7.99. The smallest absolute Gasteiger partial charge is 0.0992 e. The van der Waals surface area contributed by atoms with Gasteiger partial charge in [-0.15, -0.1) is 0 Å². The van der Waals surface area contributed by atoms with Crippen LogP contribution in [0, 0.1) is 11.3 Å². The highest BCUT2D eigenvalue weighted by molar-refractivity contribution is 5.73. The van der Waals surface area contributed by atoms with E-state index in [1.165, 1.54) is 0 Å². The van der Waals surface area contributed by atoms with Crippen LogP contribution in [0.1, 0.15) is 5.56 Å². The maximum absolute atomic E-state index is 8.68. The van der Waals surface area contributed by atoms with Gasteiger partial charge in [0.1, 0.15) is 0 Å². The Kier molecular flexibility index (Phi) is 2.30. The molecule has 0 saturated heterocycles. The second-order valence-electron chi connectivity index (χ2n) is 3.14. The molecule has 2 aromatic rings. The number of anilines is 3. The Bertz CT molecular complexity index is 494. The maximum atomic E-state index is 8.68. The molecule has 0 amide bonds. The minimum absolute atomic E-state index is 0.562. The Balaban J connectivity index is 2.27. The summed E-state index contributed by atoms with van der Waals surface area (Å²) in [6.07, 6.45) is 3.65. The second-order valence-corrected chi connectivity index (χ2v) is 3.14. The molecule has 0 aliphatic carbocycles. The fourth-order valence-electron chi connectivity index (χ4n) is 1.30. The van der Waals surface area contributed by atoms with E-state index in [1.807, 2.05) is 24.5 Å². The molecule has 0 spiro atoms. The van der Waals surface area contributed by atoms with Crippen LogP contribution in [0.2, 0.25) is 0 Å². The van der Waals surface area contributed by atoms with Crippen molar-refractivity contribution in [2.24, 2.45) is 0 Å². The van der Waals surface area contributed by atoms with E-state index in [9.17, 15) is 0 Å². The van der Waals surface area contributed by atoms with Crippen molar-refractivity contribution in [3.63, 3.8) is 0 Å². The molecule has 1 aromatic heterocycles. The number of hydrogen-bond acceptors (Lipinski definition) is 3. The molecule has 4 N–H and O–H groups in total. The molecule has 0 saturated carbocycles. The van der Waals surface area contributed by atoms with E-state index in [4.69, 9.17) is 11.0 Å². The standard InChI is InChI=1S/C11H10N4/c12-6-8-1-2-11(10(13)5-8)15-9-3-4-14-7-9/h1-5,7,14-15H,13H2. The van der Waals surface area contributed by atoms with Crippen LogP contribution in [-0.2, 0) is 0 Å². The third-order valence-corrected chi connectivity index (χ3v) is 2.06. The molecule has 0 fully saturated rings. The third kappa shape index (κ3) is 1.92. The lowest BCUT2D eigenvalue weighted by atomic mass is 10.2. The number of hydrogen-bond donors (Lipinski definition) is 3. The molecule has 0 radical (unpaired) electrons. The molecule has 4 heteroatoms. The van der Waals surface area contributed by atoms with Gasteiger partial charge in [0.25, 0.3) is 0 Å². The highest BCUT2D eigenvalue weighted by Crippen LogP contribution is 2.23. The first-order chi connectivity index (χ1) is 7.29. The zero-order chi connectivity index (χ0) is 10.7. The predicted octanol–water partition coefficient (Wildman–Crippen LogP) is 2.21. The molecular formula is C11H10N4. The van der Waals surface area contributed by atoms with Crippen molar-refractivity contribution in [2.45, 2.75) is 0 Å². The lowest BCUT2D eigenvalue weighted by Crippen LogP contribution is -1.95. The normalized spacial score (nSPS) is 9.53. The molecule has 4 nitrogen and oxygen atoms in total. The average molecular weight is 198 g/mol.